The van der Waals surface area contributed by atoms with Crippen molar-refractivity contribution in [3.63, 3.8) is 0 Å². The minimum absolute atomic E-state index is 0.293. The first-order valence-electron chi connectivity index (χ1n) is 5.95. The van der Waals surface area contributed by atoms with Crippen molar-refractivity contribution in [2.75, 3.05) is 0 Å². The third kappa shape index (κ3) is 2.64. The first-order chi connectivity index (χ1) is 8.20. The maximum Gasteiger partial charge on any atom is 0.115 e. The van der Waals surface area contributed by atoms with Crippen LogP contribution in [0.2, 0.25) is 0 Å². The highest BCUT2D eigenvalue weighted by molar-refractivity contribution is 5.66. The Balaban J connectivity index is 2.36. The molecule has 88 valence electrons. The maximum absolute atomic E-state index is 9.27. The van der Waals surface area contributed by atoms with E-state index in [1.54, 1.807) is 12.1 Å². The van der Waals surface area contributed by atoms with E-state index in [0.717, 1.165) is 29.7 Å². The summed E-state index contributed by atoms with van der Waals surface area (Å²) in [6.07, 6.45) is 4.06. The lowest BCUT2D eigenvalue weighted by Gasteiger charge is -2.07. The van der Waals surface area contributed by atoms with Gasteiger partial charge in [-0.2, -0.15) is 0 Å². The Morgan fingerprint density at radius 3 is 2.47 bits per heavy atom. The summed E-state index contributed by atoms with van der Waals surface area (Å²) in [4.78, 5) is 4.47. The van der Waals surface area contributed by atoms with Crippen molar-refractivity contribution >= 4 is 0 Å². The predicted molar refractivity (Wildman–Crippen MR) is 70.1 cm³/mol. The Hall–Kier alpha value is -1.83. The van der Waals surface area contributed by atoms with E-state index in [9.17, 15) is 5.11 Å². The zero-order chi connectivity index (χ0) is 12.3. The molecule has 1 heterocycles. The van der Waals surface area contributed by atoms with E-state index in [2.05, 4.69) is 24.9 Å². The van der Waals surface area contributed by atoms with E-state index in [0.29, 0.717) is 5.75 Å². The molecule has 0 bridgehead atoms. The molecule has 0 fully saturated rings. The number of pyridine rings is 1. The number of phenolic OH excluding ortho intramolecular Hbond substituents is 1. The highest BCUT2D eigenvalue weighted by Crippen LogP contribution is 2.24. The largest absolute Gasteiger partial charge is 0.508 e. The minimum Gasteiger partial charge on any atom is -0.508 e. The summed E-state index contributed by atoms with van der Waals surface area (Å²) in [6.45, 7) is 4.26. The number of aryl methyl sites for hydroxylation is 2. The lowest BCUT2D eigenvalue weighted by molar-refractivity contribution is 0.475. The first-order valence-corrected chi connectivity index (χ1v) is 5.95. The zero-order valence-corrected chi connectivity index (χ0v) is 10.3. The molecule has 0 aliphatic carbocycles. The lowest BCUT2D eigenvalue weighted by Crippen LogP contribution is -1.92. The molecule has 1 N–H and O–H groups in total. The molecule has 2 aromatic rings. The number of aromatic nitrogens is 1. The van der Waals surface area contributed by atoms with Gasteiger partial charge in [-0.3, -0.25) is 4.98 Å². The molecule has 1 aromatic heterocycles. The Morgan fingerprint density at radius 2 is 1.88 bits per heavy atom. The number of rotatable bonds is 3. The third-order valence-electron chi connectivity index (χ3n) is 2.85. The Kier molecular flexibility index (Phi) is 3.43. The van der Waals surface area contributed by atoms with Gasteiger partial charge in [-0.15, -0.1) is 0 Å². The van der Waals surface area contributed by atoms with Crippen molar-refractivity contribution in [3.05, 3.63) is 47.8 Å². The van der Waals surface area contributed by atoms with Crippen molar-refractivity contribution < 1.29 is 5.11 Å². The number of aromatic hydroxyl groups is 1. The van der Waals surface area contributed by atoms with Gasteiger partial charge in [-0.1, -0.05) is 25.5 Å². The molecule has 2 heteroatoms. The molecule has 0 amide bonds. The van der Waals surface area contributed by atoms with Gasteiger partial charge < -0.3 is 5.11 Å². The van der Waals surface area contributed by atoms with Gasteiger partial charge in [-0.25, -0.2) is 0 Å². The molecular formula is C15H17NO. The van der Waals surface area contributed by atoms with Gasteiger partial charge >= 0.3 is 0 Å². The second-order valence-corrected chi connectivity index (χ2v) is 4.29. The number of nitrogens with zero attached hydrogens (tertiary/aromatic N) is 1. The standard InChI is InChI=1S/C15H17NO/c1-3-4-13-9-11(2)15(10-16-13)12-5-7-14(17)8-6-12/h5-10,17H,3-4H2,1-2H3. The number of benzene rings is 1. The van der Waals surface area contributed by atoms with Gasteiger partial charge in [0.15, 0.2) is 0 Å². The fourth-order valence-electron chi connectivity index (χ4n) is 1.95. The third-order valence-corrected chi connectivity index (χ3v) is 2.85. The van der Waals surface area contributed by atoms with E-state index in [-0.39, 0.29) is 0 Å². The molecule has 0 atom stereocenters. The topological polar surface area (TPSA) is 33.1 Å². The van der Waals surface area contributed by atoms with Crippen LogP contribution < -0.4 is 0 Å². The molecule has 0 spiro atoms. The predicted octanol–water partition coefficient (Wildman–Crippen LogP) is 3.72. The van der Waals surface area contributed by atoms with Crippen LogP contribution in [0.5, 0.6) is 5.75 Å². The maximum atomic E-state index is 9.27. The normalized spacial score (nSPS) is 10.5. The van der Waals surface area contributed by atoms with E-state index >= 15 is 0 Å². The highest BCUT2D eigenvalue weighted by atomic mass is 16.3. The molecule has 17 heavy (non-hydrogen) atoms. The first kappa shape index (κ1) is 11.6. The van der Waals surface area contributed by atoms with E-state index in [1.807, 2.05) is 18.3 Å². The Bertz CT molecular complexity index is 503. The van der Waals surface area contributed by atoms with Crippen molar-refractivity contribution in [1.82, 2.24) is 4.98 Å². The molecule has 0 aliphatic heterocycles. The van der Waals surface area contributed by atoms with Crippen LogP contribution in [-0.2, 0) is 6.42 Å². The van der Waals surface area contributed by atoms with Crippen LogP contribution in [0.25, 0.3) is 11.1 Å². The second-order valence-electron chi connectivity index (χ2n) is 4.29. The van der Waals surface area contributed by atoms with Gasteiger partial charge in [0.2, 0.25) is 0 Å². The van der Waals surface area contributed by atoms with Gasteiger partial charge in [-0.05, 0) is 42.7 Å². The fourth-order valence-corrected chi connectivity index (χ4v) is 1.95. The summed E-state index contributed by atoms with van der Waals surface area (Å²) in [5.41, 5.74) is 4.60. The van der Waals surface area contributed by atoms with E-state index in [4.69, 9.17) is 0 Å². The van der Waals surface area contributed by atoms with Crippen LogP contribution in [0.3, 0.4) is 0 Å². The molecule has 0 unspecified atom stereocenters. The summed E-state index contributed by atoms with van der Waals surface area (Å²) < 4.78 is 0. The van der Waals surface area contributed by atoms with Crippen molar-refractivity contribution in [2.45, 2.75) is 26.7 Å². The number of hydrogen-bond acceptors (Lipinski definition) is 2. The monoisotopic (exact) mass is 227 g/mol. The van der Waals surface area contributed by atoms with Crippen molar-refractivity contribution in [3.8, 4) is 16.9 Å². The van der Waals surface area contributed by atoms with Crippen LogP contribution >= 0.6 is 0 Å². The van der Waals surface area contributed by atoms with Crippen LogP contribution in [-0.4, -0.2) is 10.1 Å². The van der Waals surface area contributed by atoms with Gasteiger partial charge in [0, 0.05) is 17.5 Å². The van der Waals surface area contributed by atoms with Crippen molar-refractivity contribution in [2.24, 2.45) is 0 Å². The highest BCUT2D eigenvalue weighted by Gasteiger charge is 2.04. The van der Waals surface area contributed by atoms with Crippen LogP contribution in [0, 0.1) is 6.92 Å². The van der Waals surface area contributed by atoms with Gasteiger partial charge in [0.1, 0.15) is 5.75 Å². The minimum atomic E-state index is 0.293. The van der Waals surface area contributed by atoms with Gasteiger partial charge in [0.25, 0.3) is 0 Å². The summed E-state index contributed by atoms with van der Waals surface area (Å²) in [6, 6.07) is 9.38. The van der Waals surface area contributed by atoms with Gasteiger partial charge in [0.05, 0.1) is 0 Å². The second kappa shape index (κ2) is 5.00. The average molecular weight is 227 g/mol. The molecular weight excluding hydrogens is 210 g/mol. The SMILES string of the molecule is CCCc1cc(C)c(-c2ccc(O)cc2)cn1. The molecule has 2 rings (SSSR count). The summed E-state index contributed by atoms with van der Waals surface area (Å²) >= 11 is 0. The smallest absolute Gasteiger partial charge is 0.115 e. The fraction of sp³-hybridized carbons (Fsp3) is 0.267. The number of hydrogen-bond donors (Lipinski definition) is 1. The lowest BCUT2D eigenvalue weighted by atomic mass is 10.0. The average Bonchev–Trinajstić information content (AvgIpc) is 2.31. The van der Waals surface area contributed by atoms with Crippen LogP contribution in [0.4, 0.5) is 0 Å². The summed E-state index contributed by atoms with van der Waals surface area (Å²) in [5, 5.41) is 9.27. The molecule has 0 saturated carbocycles. The van der Waals surface area contributed by atoms with Crippen LogP contribution in [0.1, 0.15) is 24.6 Å². The molecule has 0 saturated heterocycles. The molecule has 0 aliphatic rings. The molecule has 0 radical (unpaired) electrons. The van der Waals surface area contributed by atoms with Crippen molar-refractivity contribution in [1.29, 1.82) is 0 Å². The quantitative estimate of drug-likeness (QED) is 0.867. The molecule has 1 aromatic carbocycles. The Morgan fingerprint density at radius 1 is 1.18 bits per heavy atom. The van der Waals surface area contributed by atoms with Crippen LogP contribution in [0.15, 0.2) is 36.5 Å². The summed E-state index contributed by atoms with van der Waals surface area (Å²) in [7, 11) is 0. The summed E-state index contributed by atoms with van der Waals surface area (Å²) in [5.74, 6) is 0.293. The van der Waals surface area contributed by atoms with E-state index < -0.39 is 0 Å². The molecule has 2 nitrogen and oxygen atoms in total. The Labute approximate surface area is 102 Å². The number of phenols is 1. The van der Waals surface area contributed by atoms with E-state index in [1.165, 1.54) is 5.56 Å². The zero-order valence-electron chi connectivity index (χ0n) is 10.3.